The second-order valence-corrected chi connectivity index (χ2v) is 7.75. The predicted octanol–water partition coefficient (Wildman–Crippen LogP) is 1.87. The summed E-state index contributed by atoms with van der Waals surface area (Å²) in [5, 5.41) is 9.86. The predicted molar refractivity (Wildman–Crippen MR) is 101 cm³/mol. The van der Waals surface area contributed by atoms with Crippen molar-refractivity contribution < 1.29 is 27.7 Å². The van der Waals surface area contributed by atoms with Gasteiger partial charge in [-0.2, -0.15) is 4.31 Å². The van der Waals surface area contributed by atoms with Crippen LogP contribution in [0.5, 0.6) is 5.75 Å². The maximum atomic E-state index is 13.0. The van der Waals surface area contributed by atoms with Crippen LogP contribution < -0.4 is 4.74 Å². The highest BCUT2D eigenvalue weighted by Gasteiger charge is 2.31. The highest BCUT2D eigenvalue weighted by atomic mass is 32.2. The number of hydrogen-bond donors (Lipinski definition) is 1. The minimum absolute atomic E-state index is 0.148. The van der Waals surface area contributed by atoms with Crippen molar-refractivity contribution in [2.24, 2.45) is 0 Å². The second kappa shape index (κ2) is 10.4. The fourth-order valence-corrected chi connectivity index (χ4v) is 4.15. The van der Waals surface area contributed by atoms with E-state index in [2.05, 4.69) is 0 Å². The number of nitrogens with zero attached hydrogens (tertiary/aromatic N) is 1. The smallest absolute Gasteiger partial charge is 0.245 e. The molecule has 1 unspecified atom stereocenters. The van der Waals surface area contributed by atoms with E-state index in [1.54, 1.807) is 30.3 Å². The molecule has 27 heavy (non-hydrogen) atoms. The fraction of sp³-hybridized carbons (Fsp3) is 0.368. The molecule has 1 N–H and O–H groups in total. The van der Waals surface area contributed by atoms with Crippen LogP contribution in [-0.4, -0.2) is 58.2 Å². The summed E-state index contributed by atoms with van der Waals surface area (Å²) in [6, 6.07) is 14.6. The van der Waals surface area contributed by atoms with Crippen LogP contribution in [0.15, 0.2) is 59.5 Å². The summed E-state index contributed by atoms with van der Waals surface area (Å²) in [7, 11) is -0.848. The highest BCUT2D eigenvalue weighted by Crippen LogP contribution is 2.21. The van der Waals surface area contributed by atoms with Crippen molar-refractivity contribution in [3.8, 4) is 5.75 Å². The Balaban J connectivity index is 2.21. The van der Waals surface area contributed by atoms with E-state index in [4.69, 9.17) is 14.2 Å². The van der Waals surface area contributed by atoms with E-state index in [-0.39, 0.29) is 25.0 Å². The van der Waals surface area contributed by atoms with Gasteiger partial charge in [-0.05, 0) is 36.2 Å². The number of benzene rings is 2. The van der Waals surface area contributed by atoms with Gasteiger partial charge in [0.2, 0.25) is 10.0 Å². The number of sulfonamides is 1. The molecule has 0 fully saturated rings. The zero-order chi connectivity index (χ0) is 19.7. The number of hydrogen-bond acceptors (Lipinski definition) is 6. The fourth-order valence-electron chi connectivity index (χ4n) is 2.60. The van der Waals surface area contributed by atoms with Gasteiger partial charge in [0.05, 0.1) is 17.5 Å². The Morgan fingerprint density at radius 2 is 1.67 bits per heavy atom. The van der Waals surface area contributed by atoms with Gasteiger partial charge >= 0.3 is 0 Å². The molecule has 0 spiro atoms. The first-order chi connectivity index (χ1) is 13.0. The third-order valence-corrected chi connectivity index (χ3v) is 5.85. The van der Waals surface area contributed by atoms with Gasteiger partial charge in [0, 0.05) is 14.2 Å². The van der Waals surface area contributed by atoms with Crippen LogP contribution >= 0.6 is 0 Å². The van der Waals surface area contributed by atoms with Crippen molar-refractivity contribution in [3.05, 3.63) is 60.2 Å². The summed E-state index contributed by atoms with van der Waals surface area (Å²) in [5.41, 5.74) is 0.864. The van der Waals surface area contributed by atoms with Crippen LogP contribution in [0, 0.1) is 0 Å². The van der Waals surface area contributed by atoms with Gasteiger partial charge < -0.3 is 19.3 Å². The summed E-state index contributed by atoms with van der Waals surface area (Å²) in [6.07, 6.45) is 0.330. The Morgan fingerprint density at radius 3 is 2.22 bits per heavy atom. The summed E-state index contributed by atoms with van der Waals surface area (Å²) >= 11 is 0. The Bertz CT molecular complexity index is 780. The van der Waals surface area contributed by atoms with Gasteiger partial charge in [-0.1, -0.05) is 30.3 Å². The number of methoxy groups -OCH3 is 2. The summed E-state index contributed by atoms with van der Waals surface area (Å²) in [4.78, 5) is 0.156. The van der Waals surface area contributed by atoms with Crippen molar-refractivity contribution in [2.45, 2.75) is 17.4 Å². The number of rotatable bonds is 11. The monoisotopic (exact) mass is 395 g/mol. The molecule has 2 aromatic carbocycles. The van der Waals surface area contributed by atoms with E-state index in [9.17, 15) is 13.5 Å². The first kappa shape index (κ1) is 21.3. The maximum Gasteiger partial charge on any atom is 0.245 e. The number of ether oxygens (including phenoxy) is 3. The Hall–Kier alpha value is -1.97. The van der Waals surface area contributed by atoms with Gasteiger partial charge in [0.25, 0.3) is 0 Å². The lowest BCUT2D eigenvalue weighted by molar-refractivity contribution is 0.0511. The molecule has 2 aromatic rings. The van der Waals surface area contributed by atoms with E-state index >= 15 is 0 Å². The van der Waals surface area contributed by atoms with Gasteiger partial charge in [0.1, 0.15) is 12.5 Å². The number of aliphatic hydroxyl groups is 1. The minimum Gasteiger partial charge on any atom is -0.468 e. The Kier molecular flexibility index (Phi) is 8.21. The van der Waals surface area contributed by atoms with Gasteiger partial charge in [0.15, 0.2) is 6.79 Å². The molecular weight excluding hydrogens is 370 g/mol. The van der Waals surface area contributed by atoms with E-state index in [0.717, 1.165) is 5.56 Å². The normalized spacial score (nSPS) is 12.9. The zero-order valence-corrected chi connectivity index (χ0v) is 16.3. The molecule has 0 saturated heterocycles. The molecule has 0 radical (unpaired) electrons. The van der Waals surface area contributed by atoms with E-state index in [1.807, 2.05) is 12.1 Å². The van der Waals surface area contributed by atoms with Gasteiger partial charge in [-0.15, -0.1) is 0 Å². The van der Waals surface area contributed by atoms with Crippen LogP contribution in [0.25, 0.3) is 0 Å². The topological polar surface area (TPSA) is 85.3 Å². The average molecular weight is 395 g/mol. The third-order valence-electron chi connectivity index (χ3n) is 3.96. The number of aliphatic hydroxyl groups excluding tert-OH is 1. The first-order valence-electron chi connectivity index (χ1n) is 8.40. The molecule has 0 aromatic heterocycles. The van der Waals surface area contributed by atoms with Crippen molar-refractivity contribution in [1.82, 2.24) is 4.31 Å². The summed E-state index contributed by atoms with van der Waals surface area (Å²) in [5.74, 6) is 0.645. The molecule has 0 amide bonds. The Labute approximate surface area is 160 Å². The lowest BCUT2D eigenvalue weighted by atomic mass is 10.1. The van der Waals surface area contributed by atoms with Crippen LogP contribution in [0.3, 0.4) is 0 Å². The van der Waals surface area contributed by atoms with Crippen LogP contribution in [-0.2, 0) is 25.9 Å². The molecule has 0 saturated carbocycles. The standard InChI is InChI=1S/C19H25NO6S/c1-24-14-20(27(22,23)19-6-4-3-5-7-19)17(13-21)12-16-8-10-18(11-9-16)26-15-25-2/h3-11,17,21H,12-15H2,1-2H3. The average Bonchev–Trinajstić information content (AvgIpc) is 2.70. The molecule has 7 nitrogen and oxygen atoms in total. The second-order valence-electron chi connectivity index (χ2n) is 5.86. The first-order valence-corrected chi connectivity index (χ1v) is 9.84. The summed E-state index contributed by atoms with van der Waals surface area (Å²) < 4.78 is 42.4. The largest absolute Gasteiger partial charge is 0.468 e. The van der Waals surface area contributed by atoms with E-state index in [1.165, 1.54) is 30.7 Å². The van der Waals surface area contributed by atoms with Crippen molar-refractivity contribution in [1.29, 1.82) is 0 Å². The molecule has 0 bridgehead atoms. The molecule has 0 aliphatic rings. The third kappa shape index (κ3) is 5.75. The molecule has 2 rings (SSSR count). The molecule has 0 aliphatic heterocycles. The van der Waals surface area contributed by atoms with E-state index in [0.29, 0.717) is 12.2 Å². The Morgan fingerprint density at radius 1 is 1.00 bits per heavy atom. The SMILES string of the molecule is COCOc1ccc(CC(CO)N(COC)S(=O)(=O)c2ccccc2)cc1. The maximum absolute atomic E-state index is 13.0. The minimum atomic E-state index is -3.81. The molecule has 0 heterocycles. The molecule has 1 atom stereocenters. The molecule has 148 valence electrons. The van der Waals surface area contributed by atoms with Crippen LogP contribution in [0.4, 0.5) is 0 Å². The van der Waals surface area contributed by atoms with Gasteiger partial charge in [-0.25, -0.2) is 8.42 Å². The molecular formula is C19H25NO6S. The quantitative estimate of drug-likeness (QED) is 0.585. The van der Waals surface area contributed by atoms with Crippen LogP contribution in [0.2, 0.25) is 0 Å². The lowest BCUT2D eigenvalue weighted by Crippen LogP contribution is -2.44. The van der Waals surface area contributed by atoms with Crippen molar-refractivity contribution in [2.75, 3.05) is 34.4 Å². The van der Waals surface area contributed by atoms with Crippen LogP contribution in [0.1, 0.15) is 5.56 Å². The molecule has 0 aliphatic carbocycles. The lowest BCUT2D eigenvalue weighted by Gasteiger charge is -2.29. The summed E-state index contributed by atoms with van der Waals surface area (Å²) in [6.45, 7) is -0.343. The van der Waals surface area contributed by atoms with E-state index < -0.39 is 16.1 Å². The highest BCUT2D eigenvalue weighted by molar-refractivity contribution is 7.89. The zero-order valence-electron chi connectivity index (χ0n) is 15.4. The molecule has 8 heteroatoms. The van der Waals surface area contributed by atoms with Crippen molar-refractivity contribution in [3.63, 3.8) is 0 Å². The van der Waals surface area contributed by atoms with Crippen molar-refractivity contribution >= 4 is 10.0 Å². The van der Waals surface area contributed by atoms with Gasteiger partial charge in [-0.3, -0.25) is 0 Å².